The first-order valence-corrected chi connectivity index (χ1v) is 9.32. The van der Waals surface area contributed by atoms with Crippen LogP contribution in [0.2, 0.25) is 0 Å². The number of carbonyl (C=O) groups excluding carboxylic acids is 1. The molecule has 6 heteroatoms. The maximum Gasteiger partial charge on any atom is 0.247 e. The SMILES string of the molecule is C#C[C@]1(NC(=O)COC)CC[C@H](C(C)C)c2cc(-c3ccccc3F)nnc21. The normalized spacial score (nSPS) is 21.1. The molecular weight excluding hydrogens is 357 g/mol. The van der Waals surface area contributed by atoms with E-state index >= 15 is 0 Å². The standard InChI is InChI=1S/C22H24FN3O2/c1-5-22(24-20(27)13-28-4)11-10-15(14(2)3)17-12-19(25-26-21(17)22)16-8-6-7-9-18(16)23/h1,6-9,12,14-15H,10-11,13H2,2-4H3,(H,24,27)/t15-,22+/m1/s1. The van der Waals surface area contributed by atoms with E-state index in [-0.39, 0.29) is 24.2 Å². The Hall–Kier alpha value is -2.78. The first kappa shape index (κ1) is 20.0. The van der Waals surface area contributed by atoms with Crippen molar-refractivity contribution in [2.45, 2.75) is 38.1 Å². The zero-order chi connectivity index (χ0) is 20.3. The average Bonchev–Trinajstić information content (AvgIpc) is 2.68. The number of fused-ring (bicyclic) bond motifs is 1. The highest BCUT2D eigenvalue weighted by molar-refractivity contribution is 5.79. The summed E-state index contributed by atoms with van der Waals surface area (Å²) in [5.41, 5.74) is 1.27. The van der Waals surface area contributed by atoms with Crippen LogP contribution in [0.15, 0.2) is 30.3 Å². The van der Waals surface area contributed by atoms with E-state index in [0.717, 1.165) is 12.0 Å². The smallest absolute Gasteiger partial charge is 0.247 e. The van der Waals surface area contributed by atoms with Crippen molar-refractivity contribution in [1.82, 2.24) is 15.5 Å². The fraction of sp³-hybridized carbons (Fsp3) is 0.409. The molecule has 0 fully saturated rings. The van der Waals surface area contributed by atoms with Crippen LogP contribution in [0.3, 0.4) is 0 Å². The monoisotopic (exact) mass is 381 g/mol. The van der Waals surface area contributed by atoms with Crippen LogP contribution >= 0.6 is 0 Å². The van der Waals surface area contributed by atoms with Gasteiger partial charge in [0.25, 0.3) is 0 Å². The second-order valence-electron chi connectivity index (χ2n) is 7.43. The van der Waals surface area contributed by atoms with Crippen molar-refractivity contribution in [1.29, 1.82) is 0 Å². The number of hydrogen-bond donors (Lipinski definition) is 1. The number of hydrogen-bond acceptors (Lipinski definition) is 4. The molecule has 0 aliphatic heterocycles. The maximum absolute atomic E-state index is 14.3. The van der Waals surface area contributed by atoms with Crippen LogP contribution in [0.1, 0.15) is 43.9 Å². The molecule has 0 spiro atoms. The van der Waals surface area contributed by atoms with Gasteiger partial charge in [0.05, 0.1) is 5.69 Å². The molecule has 2 atom stereocenters. The molecule has 1 aromatic heterocycles. The van der Waals surface area contributed by atoms with Crippen LogP contribution in [-0.4, -0.2) is 29.8 Å². The number of ether oxygens (including phenoxy) is 1. The lowest BCUT2D eigenvalue weighted by molar-refractivity contribution is -0.126. The molecule has 1 aromatic carbocycles. The second kappa shape index (κ2) is 8.07. The van der Waals surface area contributed by atoms with E-state index in [1.807, 2.05) is 6.07 Å². The van der Waals surface area contributed by atoms with Gasteiger partial charge in [0.15, 0.2) is 0 Å². The topological polar surface area (TPSA) is 64.1 Å². The summed E-state index contributed by atoms with van der Waals surface area (Å²) in [7, 11) is 1.45. The first-order chi connectivity index (χ1) is 13.4. The lowest BCUT2D eigenvalue weighted by Crippen LogP contribution is -2.49. The quantitative estimate of drug-likeness (QED) is 0.806. The summed E-state index contributed by atoms with van der Waals surface area (Å²) >= 11 is 0. The second-order valence-corrected chi connectivity index (χ2v) is 7.43. The third-order valence-corrected chi connectivity index (χ3v) is 5.29. The molecule has 2 aromatic rings. The third kappa shape index (κ3) is 3.63. The van der Waals surface area contributed by atoms with Crippen molar-refractivity contribution in [3.05, 3.63) is 47.4 Å². The van der Waals surface area contributed by atoms with Crippen molar-refractivity contribution in [2.75, 3.05) is 13.7 Å². The molecule has 1 amide bonds. The van der Waals surface area contributed by atoms with E-state index in [0.29, 0.717) is 29.3 Å². The van der Waals surface area contributed by atoms with Gasteiger partial charge in [-0.25, -0.2) is 4.39 Å². The number of terminal acetylenes is 1. The molecule has 1 aliphatic rings. The van der Waals surface area contributed by atoms with Crippen LogP contribution in [-0.2, 0) is 15.1 Å². The van der Waals surface area contributed by atoms with Crippen LogP contribution in [0.4, 0.5) is 4.39 Å². The van der Waals surface area contributed by atoms with E-state index in [1.165, 1.54) is 13.2 Å². The summed E-state index contributed by atoms with van der Waals surface area (Å²) in [6.45, 7) is 4.17. The van der Waals surface area contributed by atoms with E-state index in [1.54, 1.807) is 18.2 Å². The van der Waals surface area contributed by atoms with Gasteiger partial charge in [0.1, 0.15) is 23.7 Å². The molecule has 0 saturated heterocycles. The Balaban J connectivity index is 2.13. The molecule has 3 rings (SSSR count). The van der Waals surface area contributed by atoms with Crippen LogP contribution in [0.5, 0.6) is 0 Å². The Labute approximate surface area is 164 Å². The molecule has 1 N–H and O–H groups in total. The third-order valence-electron chi connectivity index (χ3n) is 5.29. The van der Waals surface area contributed by atoms with Crippen LogP contribution in [0, 0.1) is 24.1 Å². The summed E-state index contributed by atoms with van der Waals surface area (Å²) in [5.74, 6) is 2.59. The maximum atomic E-state index is 14.3. The van der Waals surface area contributed by atoms with Gasteiger partial charge in [-0.2, -0.15) is 10.2 Å². The summed E-state index contributed by atoms with van der Waals surface area (Å²) < 4.78 is 19.2. The molecule has 0 bridgehead atoms. The molecular formula is C22H24FN3O2. The fourth-order valence-corrected chi connectivity index (χ4v) is 3.86. The molecule has 0 unspecified atom stereocenters. The Morgan fingerprint density at radius 1 is 1.43 bits per heavy atom. The summed E-state index contributed by atoms with van der Waals surface area (Å²) in [6.07, 6.45) is 7.20. The Morgan fingerprint density at radius 2 is 2.18 bits per heavy atom. The van der Waals surface area contributed by atoms with Crippen molar-refractivity contribution in [2.24, 2.45) is 5.92 Å². The lowest BCUT2D eigenvalue weighted by atomic mass is 9.71. The Morgan fingerprint density at radius 3 is 2.82 bits per heavy atom. The first-order valence-electron chi connectivity index (χ1n) is 9.32. The van der Waals surface area contributed by atoms with Gasteiger partial charge in [-0.1, -0.05) is 31.9 Å². The number of halogens is 1. The van der Waals surface area contributed by atoms with Crippen LogP contribution < -0.4 is 5.32 Å². The molecule has 28 heavy (non-hydrogen) atoms. The van der Waals surface area contributed by atoms with Gasteiger partial charge in [0.2, 0.25) is 5.91 Å². The molecule has 0 radical (unpaired) electrons. The number of aromatic nitrogens is 2. The number of carbonyl (C=O) groups is 1. The zero-order valence-corrected chi connectivity index (χ0v) is 16.3. The molecule has 146 valence electrons. The van der Waals surface area contributed by atoms with Gasteiger partial charge in [-0.15, -0.1) is 6.42 Å². The van der Waals surface area contributed by atoms with E-state index in [2.05, 4.69) is 35.3 Å². The molecule has 0 saturated carbocycles. The zero-order valence-electron chi connectivity index (χ0n) is 16.3. The number of nitrogens with zero attached hydrogens (tertiary/aromatic N) is 2. The number of benzene rings is 1. The number of nitrogens with one attached hydrogen (secondary N) is 1. The van der Waals surface area contributed by atoms with Gasteiger partial charge in [-0.05, 0) is 48.4 Å². The van der Waals surface area contributed by atoms with Crippen LogP contribution in [0.25, 0.3) is 11.3 Å². The summed E-state index contributed by atoms with van der Waals surface area (Å²) in [5, 5.41) is 11.5. The number of amides is 1. The van der Waals surface area contributed by atoms with Crippen molar-refractivity contribution >= 4 is 5.91 Å². The fourth-order valence-electron chi connectivity index (χ4n) is 3.86. The highest BCUT2D eigenvalue weighted by atomic mass is 19.1. The van der Waals surface area contributed by atoms with E-state index in [4.69, 9.17) is 11.2 Å². The van der Waals surface area contributed by atoms with Gasteiger partial charge >= 0.3 is 0 Å². The summed E-state index contributed by atoms with van der Waals surface area (Å²) in [4.78, 5) is 12.2. The van der Waals surface area contributed by atoms with E-state index < -0.39 is 5.54 Å². The van der Waals surface area contributed by atoms with Crippen molar-refractivity contribution in [3.63, 3.8) is 0 Å². The largest absolute Gasteiger partial charge is 0.375 e. The predicted octanol–water partition coefficient (Wildman–Crippen LogP) is 3.41. The highest BCUT2D eigenvalue weighted by Gasteiger charge is 2.42. The number of methoxy groups -OCH3 is 1. The summed E-state index contributed by atoms with van der Waals surface area (Å²) in [6, 6.07) is 8.33. The van der Waals surface area contributed by atoms with Gasteiger partial charge < -0.3 is 10.1 Å². The predicted molar refractivity (Wildman–Crippen MR) is 105 cm³/mol. The molecule has 1 aliphatic carbocycles. The molecule has 1 heterocycles. The van der Waals surface area contributed by atoms with Crippen molar-refractivity contribution in [3.8, 4) is 23.6 Å². The minimum absolute atomic E-state index is 0.0902. The van der Waals surface area contributed by atoms with Gasteiger partial charge in [0, 0.05) is 12.7 Å². The Kier molecular flexibility index (Phi) is 5.76. The number of rotatable bonds is 5. The van der Waals surface area contributed by atoms with Gasteiger partial charge in [-0.3, -0.25) is 4.79 Å². The average molecular weight is 381 g/mol. The van der Waals surface area contributed by atoms with Crippen molar-refractivity contribution < 1.29 is 13.9 Å². The Bertz CT molecular complexity index is 922. The van der Waals surface area contributed by atoms with E-state index in [9.17, 15) is 9.18 Å². The lowest BCUT2D eigenvalue weighted by Gasteiger charge is -2.39. The minimum Gasteiger partial charge on any atom is -0.375 e. The minimum atomic E-state index is -1.04. The highest BCUT2D eigenvalue weighted by Crippen LogP contribution is 2.44. The molecule has 5 nitrogen and oxygen atoms in total.